The molecule has 3 N–H and O–H groups in total. The Labute approximate surface area is 69.8 Å². The van der Waals surface area contributed by atoms with Crippen molar-refractivity contribution in [3.05, 3.63) is 12.3 Å². The number of nitrogens with one attached hydrogen (secondary N) is 2. The summed E-state index contributed by atoms with van der Waals surface area (Å²) in [5, 5.41) is 17.3. The Morgan fingerprint density at radius 3 is 3.17 bits per heavy atom. The summed E-state index contributed by atoms with van der Waals surface area (Å²) in [7, 11) is 0. The number of aromatic amines is 1. The quantitative estimate of drug-likeness (QED) is 0.599. The maximum absolute atomic E-state index is 11.0. The van der Waals surface area contributed by atoms with Crippen molar-refractivity contribution in [2.24, 2.45) is 0 Å². The van der Waals surface area contributed by atoms with E-state index in [9.17, 15) is 4.79 Å². The Hall–Kier alpha value is -1.36. The molecule has 0 unspecified atom stereocenters. The number of carbonyl (C=O) groups excluding carboxylic acids is 1. The number of anilines is 1. The molecule has 1 aromatic rings. The van der Waals surface area contributed by atoms with Crippen LogP contribution in [0.1, 0.15) is 12.8 Å². The van der Waals surface area contributed by atoms with Crippen molar-refractivity contribution >= 4 is 11.7 Å². The van der Waals surface area contributed by atoms with E-state index in [1.807, 2.05) is 0 Å². The Morgan fingerprint density at radius 2 is 2.58 bits per heavy atom. The van der Waals surface area contributed by atoms with Crippen molar-refractivity contribution in [3.63, 3.8) is 0 Å². The molecule has 1 amide bonds. The van der Waals surface area contributed by atoms with Gasteiger partial charge in [0.05, 0.1) is 6.20 Å². The summed E-state index contributed by atoms with van der Waals surface area (Å²) in [5.74, 6) is 0.464. The molecule has 0 aliphatic carbocycles. The van der Waals surface area contributed by atoms with E-state index in [0.717, 1.165) is 0 Å². The van der Waals surface area contributed by atoms with Gasteiger partial charge in [0.1, 0.15) is 5.82 Å². The largest absolute Gasteiger partial charge is 0.396 e. The minimum absolute atomic E-state index is 0.0381. The number of H-pyrrole nitrogens is 1. The fourth-order valence-electron chi connectivity index (χ4n) is 0.778. The van der Waals surface area contributed by atoms with Gasteiger partial charge in [0, 0.05) is 19.1 Å². The second-order valence-corrected chi connectivity index (χ2v) is 2.35. The standard InChI is InChI=1S/C7H11N3O2/c11-5-1-2-7(12)9-6-3-4-8-10-6/h3-4,11H,1-2,5H2,(H2,8,9,10,12). The minimum Gasteiger partial charge on any atom is -0.396 e. The molecule has 0 aliphatic heterocycles. The number of carbonyl (C=O) groups is 1. The van der Waals surface area contributed by atoms with Gasteiger partial charge >= 0.3 is 0 Å². The molecule has 0 fully saturated rings. The van der Waals surface area contributed by atoms with E-state index in [1.165, 1.54) is 0 Å². The molecular weight excluding hydrogens is 158 g/mol. The van der Waals surface area contributed by atoms with E-state index in [1.54, 1.807) is 12.3 Å². The fraction of sp³-hybridized carbons (Fsp3) is 0.429. The molecule has 0 saturated heterocycles. The van der Waals surface area contributed by atoms with E-state index in [-0.39, 0.29) is 12.5 Å². The molecule has 0 radical (unpaired) electrons. The smallest absolute Gasteiger partial charge is 0.225 e. The van der Waals surface area contributed by atoms with Crippen LogP contribution < -0.4 is 5.32 Å². The average Bonchev–Trinajstić information content (AvgIpc) is 2.53. The molecule has 0 saturated carbocycles. The van der Waals surface area contributed by atoms with Gasteiger partial charge in [-0.1, -0.05) is 0 Å². The number of hydrogen-bond acceptors (Lipinski definition) is 3. The van der Waals surface area contributed by atoms with Gasteiger partial charge in [-0.25, -0.2) is 0 Å². The molecule has 0 spiro atoms. The van der Waals surface area contributed by atoms with Crippen LogP contribution in [0.3, 0.4) is 0 Å². The molecular formula is C7H11N3O2. The fourth-order valence-corrected chi connectivity index (χ4v) is 0.778. The van der Waals surface area contributed by atoms with Gasteiger partial charge in [-0.3, -0.25) is 9.89 Å². The molecule has 12 heavy (non-hydrogen) atoms. The highest BCUT2D eigenvalue weighted by Gasteiger charge is 2.01. The van der Waals surface area contributed by atoms with E-state index < -0.39 is 0 Å². The third kappa shape index (κ3) is 2.71. The zero-order valence-electron chi connectivity index (χ0n) is 6.58. The second kappa shape index (κ2) is 4.50. The lowest BCUT2D eigenvalue weighted by atomic mass is 10.3. The highest BCUT2D eigenvalue weighted by atomic mass is 16.3. The summed E-state index contributed by atoms with van der Waals surface area (Å²) in [6.45, 7) is 0.0381. The molecule has 5 nitrogen and oxygen atoms in total. The monoisotopic (exact) mass is 169 g/mol. The third-order valence-electron chi connectivity index (χ3n) is 1.34. The van der Waals surface area contributed by atoms with Gasteiger partial charge in [-0.2, -0.15) is 5.10 Å². The summed E-state index contributed by atoms with van der Waals surface area (Å²) in [4.78, 5) is 11.0. The van der Waals surface area contributed by atoms with E-state index in [4.69, 9.17) is 5.11 Å². The van der Waals surface area contributed by atoms with E-state index in [2.05, 4.69) is 15.5 Å². The normalized spacial score (nSPS) is 9.75. The Morgan fingerprint density at radius 1 is 1.75 bits per heavy atom. The van der Waals surface area contributed by atoms with Crippen molar-refractivity contribution in [1.82, 2.24) is 10.2 Å². The average molecular weight is 169 g/mol. The lowest BCUT2D eigenvalue weighted by Crippen LogP contribution is -2.11. The van der Waals surface area contributed by atoms with Gasteiger partial charge in [0.2, 0.25) is 5.91 Å². The molecule has 0 aromatic carbocycles. The van der Waals surface area contributed by atoms with Gasteiger partial charge in [-0.05, 0) is 6.42 Å². The summed E-state index contributed by atoms with van der Waals surface area (Å²) < 4.78 is 0. The number of aliphatic hydroxyl groups is 1. The van der Waals surface area contributed by atoms with Crippen LogP contribution in [0.2, 0.25) is 0 Å². The van der Waals surface area contributed by atoms with Crippen LogP contribution in [0, 0.1) is 0 Å². The number of hydrogen-bond donors (Lipinski definition) is 3. The predicted octanol–water partition coefficient (Wildman–Crippen LogP) is 0.121. The van der Waals surface area contributed by atoms with Crippen molar-refractivity contribution in [2.75, 3.05) is 11.9 Å². The van der Waals surface area contributed by atoms with Crippen LogP contribution in [0.25, 0.3) is 0 Å². The summed E-state index contributed by atoms with van der Waals surface area (Å²) in [6.07, 6.45) is 2.37. The SMILES string of the molecule is O=C(CCCO)Nc1ccn[nH]1. The van der Waals surface area contributed by atoms with Crippen LogP contribution in [0.5, 0.6) is 0 Å². The predicted molar refractivity (Wildman–Crippen MR) is 43.5 cm³/mol. The molecule has 0 aliphatic rings. The molecule has 0 bridgehead atoms. The Bertz CT molecular complexity index is 233. The number of aromatic nitrogens is 2. The maximum atomic E-state index is 11.0. The number of aliphatic hydroxyl groups excluding tert-OH is 1. The van der Waals surface area contributed by atoms with Crippen LogP contribution in [0.4, 0.5) is 5.82 Å². The molecule has 1 heterocycles. The van der Waals surface area contributed by atoms with Gasteiger partial charge in [0.15, 0.2) is 0 Å². The lowest BCUT2D eigenvalue weighted by molar-refractivity contribution is -0.116. The number of nitrogens with zero attached hydrogens (tertiary/aromatic N) is 1. The zero-order valence-corrected chi connectivity index (χ0v) is 6.58. The van der Waals surface area contributed by atoms with Gasteiger partial charge in [-0.15, -0.1) is 0 Å². The minimum atomic E-state index is -0.117. The highest BCUT2D eigenvalue weighted by Crippen LogP contribution is 1.99. The van der Waals surface area contributed by atoms with Crippen LogP contribution in [0.15, 0.2) is 12.3 Å². The lowest BCUT2D eigenvalue weighted by Gasteiger charge is -1.99. The first kappa shape index (κ1) is 8.73. The van der Waals surface area contributed by atoms with Crippen LogP contribution in [-0.2, 0) is 4.79 Å². The summed E-state index contributed by atoms with van der Waals surface area (Å²) in [5.41, 5.74) is 0. The van der Waals surface area contributed by atoms with Crippen molar-refractivity contribution in [1.29, 1.82) is 0 Å². The molecule has 0 atom stereocenters. The maximum Gasteiger partial charge on any atom is 0.225 e. The summed E-state index contributed by atoms with van der Waals surface area (Å²) >= 11 is 0. The van der Waals surface area contributed by atoms with Crippen LogP contribution in [-0.4, -0.2) is 27.8 Å². The topological polar surface area (TPSA) is 78.0 Å². The number of rotatable bonds is 4. The Kier molecular flexibility index (Phi) is 3.28. The molecule has 66 valence electrons. The molecule has 5 heteroatoms. The highest BCUT2D eigenvalue weighted by molar-refractivity contribution is 5.89. The first-order valence-electron chi connectivity index (χ1n) is 3.73. The van der Waals surface area contributed by atoms with E-state index in [0.29, 0.717) is 18.7 Å². The van der Waals surface area contributed by atoms with Crippen molar-refractivity contribution in [2.45, 2.75) is 12.8 Å². The summed E-state index contributed by atoms with van der Waals surface area (Å²) in [6, 6.07) is 1.66. The van der Waals surface area contributed by atoms with Crippen LogP contribution >= 0.6 is 0 Å². The number of amides is 1. The van der Waals surface area contributed by atoms with E-state index >= 15 is 0 Å². The second-order valence-electron chi connectivity index (χ2n) is 2.35. The third-order valence-corrected chi connectivity index (χ3v) is 1.34. The first-order valence-corrected chi connectivity index (χ1v) is 3.73. The zero-order chi connectivity index (χ0) is 8.81. The van der Waals surface area contributed by atoms with Crippen molar-refractivity contribution < 1.29 is 9.90 Å². The van der Waals surface area contributed by atoms with Crippen molar-refractivity contribution in [3.8, 4) is 0 Å². The Balaban J connectivity index is 2.27. The molecule has 1 rings (SSSR count). The molecule has 1 aromatic heterocycles. The first-order chi connectivity index (χ1) is 5.83. The van der Waals surface area contributed by atoms with Gasteiger partial charge in [0.25, 0.3) is 0 Å². The van der Waals surface area contributed by atoms with Gasteiger partial charge < -0.3 is 10.4 Å².